The van der Waals surface area contributed by atoms with Crippen molar-refractivity contribution in [2.24, 2.45) is 0 Å². The second-order valence-electron chi connectivity index (χ2n) is 8.21. The van der Waals surface area contributed by atoms with Gasteiger partial charge in [-0.25, -0.2) is 9.31 Å². The average Bonchev–Trinajstić information content (AvgIpc) is 3.33. The topological polar surface area (TPSA) is 102 Å². The first-order valence-corrected chi connectivity index (χ1v) is 11.3. The molecule has 1 aromatic carbocycles. The van der Waals surface area contributed by atoms with Crippen LogP contribution in [0.25, 0.3) is 16.6 Å². The summed E-state index contributed by atoms with van der Waals surface area (Å²) in [4.78, 5) is 15.5. The van der Waals surface area contributed by atoms with E-state index in [-0.39, 0.29) is 6.10 Å². The summed E-state index contributed by atoms with van der Waals surface area (Å²) in [7, 11) is 1.67. The highest BCUT2D eigenvalue weighted by atomic mass is 19.4. The first kappa shape index (κ1) is 26.0. The molecule has 5 rings (SSSR count). The highest BCUT2D eigenvalue weighted by molar-refractivity contribution is 5.73. The number of morpholine rings is 1. The summed E-state index contributed by atoms with van der Waals surface area (Å²) in [6.07, 6.45) is 0.539. The number of hydrogen-bond acceptors (Lipinski definition) is 7. The molecule has 37 heavy (non-hydrogen) atoms. The fourth-order valence-corrected chi connectivity index (χ4v) is 3.86. The molecule has 0 saturated carbocycles. The van der Waals surface area contributed by atoms with Gasteiger partial charge >= 0.3 is 12.1 Å². The van der Waals surface area contributed by atoms with E-state index < -0.39 is 12.1 Å². The highest BCUT2D eigenvalue weighted by Crippen LogP contribution is 2.28. The van der Waals surface area contributed by atoms with Crippen LogP contribution in [0.2, 0.25) is 0 Å². The quantitative estimate of drug-likeness (QED) is 0.426. The number of rotatable bonds is 5. The van der Waals surface area contributed by atoms with Crippen LogP contribution in [-0.2, 0) is 16.1 Å². The Morgan fingerprint density at radius 1 is 1.16 bits per heavy atom. The zero-order valence-corrected chi connectivity index (χ0v) is 19.8. The van der Waals surface area contributed by atoms with Crippen molar-refractivity contribution in [3.05, 3.63) is 78.4 Å². The number of aliphatic carboxylic acids is 1. The molecule has 4 aromatic rings. The summed E-state index contributed by atoms with van der Waals surface area (Å²) < 4.78 is 44.9. The fraction of sp³-hybridized carbons (Fsp3) is 0.280. The van der Waals surface area contributed by atoms with Crippen LogP contribution < -0.4 is 4.74 Å². The van der Waals surface area contributed by atoms with E-state index in [0.717, 1.165) is 47.7 Å². The van der Waals surface area contributed by atoms with Gasteiger partial charge in [0.2, 0.25) is 0 Å². The minimum atomic E-state index is -5.08. The molecule has 0 radical (unpaired) electrons. The number of carboxylic acids is 1. The summed E-state index contributed by atoms with van der Waals surface area (Å²) >= 11 is 0. The van der Waals surface area contributed by atoms with Gasteiger partial charge in [0.15, 0.2) is 0 Å². The Labute approximate surface area is 210 Å². The predicted molar refractivity (Wildman–Crippen MR) is 127 cm³/mol. The van der Waals surface area contributed by atoms with Crippen molar-refractivity contribution in [3.8, 4) is 16.9 Å². The van der Waals surface area contributed by atoms with Crippen molar-refractivity contribution in [2.45, 2.75) is 18.8 Å². The lowest BCUT2D eigenvalue weighted by Gasteiger charge is -2.32. The maximum absolute atomic E-state index is 10.6. The van der Waals surface area contributed by atoms with E-state index in [4.69, 9.17) is 19.4 Å². The maximum Gasteiger partial charge on any atom is 0.490 e. The van der Waals surface area contributed by atoms with Gasteiger partial charge < -0.3 is 14.6 Å². The van der Waals surface area contributed by atoms with Gasteiger partial charge in [-0.05, 0) is 35.4 Å². The number of carbonyl (C=O) groups is 1. The summed E-state index contributed by atoms with van der Waals surface area (Å²) in [6, 6.07) is 16.2. The lowest BCUT2D eigenvalue weighted by atomic mass is 10.1. The molecular formula is C25H24F3N5O4. The molecule has 1 unspecified atom stereocenters. The molecule has 0 amide bonds. The van der Waals surface area contributed by atoms with Gasteiger partial charge in [0.1, 0.15) is 17.5 Å². The van der Waals surface area contributed by atoms with Crippen molar-refractivity contribution in [3.63, 3.8) is 0 Å². The van der Waals surface area contributed by atoms with Crippen LogP contribution in [0.4, 0.5) is 13.2 Å². The zero-order valence-electron chi connectivity index (χ0n) is 19.8. The molecule has 0 aliphatic carbocycles. The van der Waals surface area contributed by atoms with Crippen molar-refractivity contribution in [2.75, 3.05) is 26.8 Å². The zero-order chi connectivity index (χ0) is 26.4. The van der Waals surface area contributed by atoms with Gasteiger partial charge in [-0.2, -0.15) is 13.2 Å². The van der Waals surface area contributed by atoms with Gasteiger partial charge in [-0.1, -0.05) is 29.5 Å². The second kappa shape index (κ2) is 11.4. The predicted octanol–water partition coefficient (Wildman–Crippen LogP) is 4.01. The number of fused-ring (bicyclic) bond motifs is 1. The van der Waals surface area contributed by atoms with Gasteiger partial charge in [0, 0.05) is 43.8 Å². The summed E-state index contributed by atoms with van der Waals surface area (Å²) in [6.45, 7) is 3.21. The van der Waals surface area contributed by atoms with E-state index in [9.17, 15) is 13.2 Å². The molecule has 12 heteroatoms. The molecule has 1 fully saturated rings. The number of halogens is 3. The molecule has 1 saturated heterocycles. The lowest BCUT2D eigenvalue weighted by Crippen LogP contribution is -2.38. The van der Waals surface area contributed by atoms with E-state index in [0.29, 0.717) is 6.61 Å². The van der Waals surface area contributed by atoms with Crippen molar-refractivity contribution < 1.29 is 32.5 Å². The van der Waals surface area contributed by atoms with E-state index in [1.807, 2.05) is 47.2 Å². The van der Waals surface area contributed by atoms with E-state index >= 15 is 0 Å². The number of methoxy groups -OCH3 is 1. The molecule has 0 spiro atoms. The molecule has 1 atom stereocenters. The van der Waals surface area contributed by atoms with Gasteiger partial charge in [-0.15, -0.1) is 5.10 Å². The van der Waals surface area contributed by atoms with Crippen molar-refractivity contribution in [1.82, 2.24) is 24.7 Å². The van der Waals surface area contributed by atoms with E-state index in [2.05, 4.69) is 38.4 Å². The number of alkyl halides is 3. The number of benzene rings is 1. The largest absolute Gasteiger partial charge is 0.497 e. The van der Waals surface area contributed by atoms with Gasteiger partial charge in [0.25, 0.3) is 0 Å². The van der Waals surface area contributed by atoms with Crippen LogP contribution in [0.15, 0.2) is 67.1 Å². The number of aromatic nitrogens is 4. The summed E-state index contributed by atoms with van der Waals surface area (Å²) in [5.41, 5.74) is 5.23. The van der Waals surface area contributed by atoms with Crippen LogP contribution in [0.3, 0.4) is 0 Å². The van der Waals surface area contributed by atoms with Gasteiger partial charge in [0.05, 0.1) is 19.2 Å². The smallest absolute Gasteiger partial charge is 0.490 e. The molecule has 3 aromatic heterocycles. The van der Waals surface area contributed by atoms with Gasteiger partial charge in [-0.3, -0.25) is 9.88 Å². The van der Waals surface area contributed by atoms with Crippen LogP contribution in [0.5, 0.6) is 5.75 Å². The second-order valence-corrected chi connectivity index (χ2v) is 8.21. The third-order valence-electron chi connectivity index (χ3n) is 5.69. The van der Waals surface area contributed by atoms with Crippen LogP contribution >= 0.6 is 0 Å². The number of nitrogens with zero attached hydrogens (tertiary/aromatic N) is 5. The molecule has 0 bridgehead atoms. The Morgan fingerprint density at radius 3 is 2.54 bits per heavy atom. The molecule has 194 valence electrons. The maximum atomic E-state index is 10.6. The number of pyridine rings is 2. The average molecular weight is 515 g/mol. The molecule has 1 aliphatic rings. The monoisotopic (exact) mass is 515 g/mol. The Kier molecular flexibility index (Phi) is 7.99. The summed E-state index contributed by atoms with van der Waals surface area (Å²) in [5, 5.41) is 15.9. The molecule has 4 heterocycles. The molecule has 1 aliphatic heterocycles. The SMILES string of the molecule is COc1ccc(-c2ccc3c(C4CN(Cc5cccnc5)CCO4)nnn3c2)cc1.O=C(O)C(F)(F)F. The minimum absolute atomic E-state index is 0.0974. The Bertz CT molecular complexity index is 1330. The van der Waals surface area contributed by atoms with Crippen LogP contribution in [0.1, 0.15) is 17.4 Å². The minimum Gasteiger partial charge on any atom is -0.497 e. The Balaban J connectivity index is 0.000000405. The van der Waals surface area contributed by atoms with Crippen LogP contribution in [0, 0.1) is 0 Å². The molecular weight excluding hydrogens is 491 g/mol. The molecule has 9 nitrogen and oxygen atoms in total. The van der Waals surface area contributed by atoms with E-state index in [1.54, 1.807) is 13.3 Å². The van der Waals surface area contributed by atoms with E-state index in [1.165, 1.54) is 5.56 Å². The van der Waals surface area contributed by atoms with Crippen molar-refractivity contribution in [1.29, 1.82) is 0 Å². The normalized spacial score (nSPS) is 16.2. The Hall–Kier alpha value is -4.03. The number of ether oxygens (including phenoxy) is 2. The summed E-state index contributed by atoms with van der Waals surface area (Å²) in [5.74, 6) is -1.92. The first-order valence-electron chi connectivity index (χ1n) is 11.3. The standard InChI is InChI=1S/C23H23N5O2.C2HF3O2/c1-29-20-7-4-18(5-8-20)19-6-9-21-23(25-26-28(21)15-19)22-16-27(11-12-30-22)14-17-3-2-10-24-13-17;3-2(4,5)1(6)7/h2-10,13,15,22H,11-12,14,16H2,1H3;(H,6,7). The van der Waals surface area contributed by atoms with Crippen molar-refractivity contribution >= 4 is 11.5 Å². The fourth-order valence-electron chi connectivity index (χ4n) is 3.86. The number of carboxylic acid groups (broad SMARTS) is 1. The molecule has 1 N–H and O–H groups in total. The lowest BCUT2D eigenvalue weighted by molar-refractivity contribution is -0.192. The third-order valence-corrected chi connectivity index (χ3v) is 5.69. The number of hydrogen-bond donors (Lipinski definition) is 1. The third kappa shape index (κ3) is 6.60. The van der Waals surface area contributed by atoms with Crippen LogP contribution in [-0.4, -0.2) is 68.8 Å². The first-order chi connectivity index (χ1) is 17.7. The Morgan fingerprint density at radius 2 is 1.89 bits per heavy atom. The highest BCUT2D eigenvalue weighted by Gasteiger charge is 2.38.